The van der Waals surface area contributed by atoms with Crippen molar-refractivity contribution in [1.82, 2.24) is 0 Å². The van der Waals surface area contributed by atoms with Gasteiger partial charge < -0.3 is 14.8 Å². The van der Waals surface area contributed by atoms with Crippen molar-refractivity contribution >= 4 is 27.5 Å². The van der Waals surface area contributed by atoms with Gasteiger partial charge in [-0.1, -0.05) is 37.3 Å². The van der Waals surface area contributed by atoms with E-state index >= 15 is 0 Å². The fourth-order valence-corrected chi connectivity index (χ4v) is 3.31. The van der Waals surface area contributed by atoms with Gasteiger partial charge in [-0.3, -0.25) is 4.79 Å². The molecule has 0 aliphatic heterocycles. The summed E-state index contributed by atoms with van der Waals surface area (Å²) in [5.41, 5.74) is 2.50. The fraction of sp³-hybridized carbons (Fsp3) is 0.240. The number of carbonyl (C=O) groups excluding carboxylic acids is 1. The topological polar surface area (TPSA) is 47.6 Å². The second-order valence-corrected chi connectivity index (χ2v) is 7.90. The lowest BCUT2D eigenvalue weighted by molar-refractivity contribution is 0.102. The van der Waals surface area contributed by atoms with Crippen molar-refractivity contribution in [2.45, 2.75) is 32.8 Å². The zero-order chi connectivity index (χ0) is 21.3. The van der Waals surface area contributed by atoms with Crippen molar-refractivity contribution in [2.24, 2.45) is 0 Å². The number of ether oxygens (including phenoxy) is 2. The molecule has 0 bridgehead atoms. The molecule has 3 aromatic rings. The van der Waals surface area contributed by atoms with Crippen LogP contribution in [0.25, 0.3) is 0 Å². The number of amides is 1. The van der Waals surface area contributed by atoms with Gasteiger partial charge in [0.05, 0.1) is 17.2 Å². The Morgan fingerprint density at radius 1 is 1.03 bits per heavy atom. The first kappa shape index (κ1) is 21.9. The van der Waals surface area contributed by atoms with Crippen LogP contribution < -0.4 is 14.8 Å². The van der Waals surface area contributed by atoms with Crippen LogP contribution in [0.2, 0.25) is 0 Å². The summed E-state index contributed by atoms with van der Waals surface area (Å²) in [6.07, 6.45) is 1.93. The maximum Gasteiger partial charge on any atom is 0.255 e. The van der Waals surface area contributed by atoms with E-state index in [2.05, 4.69) is 40.3 Å². The van der Waals surface area contributed by atoms with Crippen molar-refractivity contribution in [2.75, 3.05) is 11.9 Å². The summed E-state index contributed by atoms with van der Waals surface area (Å²) in [6.45, 7) is 4.68. The minimum absolute atomic E-state index is 0.163. The summed E-state index contributed by atoms with van der Waals surface area (Å²) in [5, 5.41) is 2.91. The normalized spacial score (nSPS) is 11.6. The number of rotatable bonds is 9. The molecule has 0 heterocycles. The number of hydrogen-bond donors (Lipinski definition) is 1. The highest BCUT2D eigenvalue weighted by atomic mass is 79.9. The molecule has 1 unspecified atom stereocenters. The third-order valence-electron chi connectivity index (χ3n) is 4.71. The molecule has 0 radical (unpaired) electrons. The molecule has 5 heteroatoms. The van der Waals surface area contributed by atoms with Crippen LogP contribution in [0.5, 0.6) is 11.5 Å². The third-order valence-corrected chi connectivity index (χ3v) is 5.33. The first-order valence-corrected chi connectivity index (χ1v) is 10.9. The Morgan fingerprint density at radius 3 is 2.43 bits per heavy atom. The van der Waals surface area contributed by atoms with E-state index in [0.717, 1.165) is 28.8 Å². The Hall–Kier alpha value is -2.79. The summed E-state index contributed by atoms with van der Waals surface area (Å²) < 4.78 is 12.4. The summed E-state index contributed by atoms with van der Waals surface area (Å²) in [5.74, 6) is 1.33. The number of hydrogen-bond acceptors (Lipinski definition) is 3. The number of anilines is 1. The molecule has 1 atom stereocenters. The van der Waals surface area contributed by atoms with E-state index in [0.29, 0.717) is 17.9 Å². The summed E-state index contributed by atoms with van der Waals surface area (Å²) in [7, 11) is 0. The molecule has 1 N–H and O–H groups in total. The quantitative estimate of drug-likeness (QED) is 0.390. The van der Waals surface area contributed by atoms with E-state index in [4.69, 9.17) is 9.47 Å². The molecule has 3 aromatic carbocycles. The van der Waals surface area contributed by atoms with Gasteiger partial charge in [0.1, 0.15) is 11.5 Å². The Bertz CT molecular complexity index is 958. The van der Waals surface area contributed by atoms with Gasteiger partial charge in [0.25, 0.3) is 5.91 Å². The maximum atomic E-state index is 12.6. The molecule has 0 spiro atoms. The van der Waals surface area contributed by atoms with Gasteiger partial charge in [-0.05, 0) is 77.3 Å². The maximum absolute atomic E-state index is 12.6. The number of carbonyl (C=O) groups is 1. The SMILES string of the molecule is CCC(C)Oc1ccc(NC(=O)c2ccc(OCCc3ccccc3)c(Br)c2)cc1. The van der Waals surface area contributed by atoms with Crippen molar-refractivity contribution in [1.29, 1.82) is 0 Å². The van der Waals surface area contributed by atoms with Crippen LogP contribution in [0.1, 0.15) is 36.2 Å². The predicted octanol–water partition coefficient (Wildman–Crippen LogP) is 6.50. The van der Waals surface area contributed by atoms with Crippen LogP contribution in [0.3, 0.4) is 0 Å². The standard InChI is InChI=1S/C25H26BrNO3/c1-3-18(2)30-22-12-10-21(11-13-22)27-25(28)20-9-14-24(23(26)17-20)29-16-15-19-7-5-4-6-8-19/h4-14,17-18H,3,15-16H2,1-2H3,(H,27,28). The molecule has 0 fully saturated rings. The highest BCUT2D eigenvalue weighted by Gasteiger charge is 2.10. The third kappa shape index (κ3) is 6.36. The van der Waals surface area contributed by atoms with Crippen molar-refractivity contribution in [3.05, 3.63) is 88.4 Å². The lowest BCUT2D eigenvalue weighted by atomic mass is 10.1. The minimum atomic E-state index is -0.179. The van der Waals surface area contributed by atoms with Gasteiger partial charge in [0, 0.05) is 17.7 Å². The second-order valence-electron chi connectivity index (χ2n) is 7.04. The van der Waals surface area contributed by atoms with E-state index in [1.165, 1.54) is 5.56 Å². The largest absolute Gasteiger partial charge is 0.492 e. The molecule has 0 saturated heterocycles. The molecule has 4 nitrogen and oxygen atoms in total. The Morgan fingerprint density at radius 2 is 1.77 bits per heavy atom. The van der Waals surface area contributed by atoms with Crippen LogP contribution in [-0.2, 0) is 6.42 Å². The van der Waals surface area contributed by atoms with Crippen molar-refractivity contribution < 1.29 is 14.3 Å². The van der Waals surface area contributed by atoms with Gasteiger partial charge in [-0.2, -0.15) is 0 Å². The van der Waals surface area contributed by atoms with E-state index in [9.17, 15) is 4.79 Å². The van der Waals surface area contributed by atoms with E-state index in [1.807, 2.05) is 55.5 Å². The molecule has 0 aliphatic carbocycles. The molecule has 0 aromatic heterocycles. The lowest BCUT2D eigenvalue weighted by Gasteiger charge is -2.13. The van der Waals surface area contributed by atoms with Gasteiger partial charge >= 0.3 is 0 Å². The molecule has 3 rings (SSSR count). The molecule has 1 amide bonds. The Balaban J connectivity index is 1.55. The van der Waals surface area contributed by atoms with E-state index in [-0.39, 0.29) is 12.0 Å². The van der Waals surface area contributed by atoms with Gasteiger partial charge in [0.15, 0.2) is 0 Å². The minimum Gasteiger partial charge on any atom is -0.492 e. The predicted molar refractivity (Wildman–Crippen MR) is 125 cm³/mol. The van der Waals surface area contributed by atoms with Crippen LogP contribution >= 0.6 is 15.9 Å². The highest BCUT2D eigenvalue weighted by Crippen LogP contribution is 2.27. The monoisotopic (exact) mass is 467 g/mol. The van der Waals surface area contributed by atoms with Gasteiger partial charge in [-0.15, -0.1) is 0 Å². The van der Waals surface area contributed by atoms with Crippen LogP contribution in [-0.4, -0.2) is 18.6 Å². The fourth-order valence-electron chi connectivity index (χ4n) is 2.82. The first-order valence-electron chi connectivity index (χ1n) is 10.1. The average Bonchev–Trinajstić information content (AvgIpc) is 2.76. The van der Waals surface area contributed by atoms with Crippen LogP contribution in [0.15, 0.2) is 77.3 Å². The summed E-state index contributed by atoms with van der Waals surface area (Å²) in [6, 6.07) is 22.9. The average molecular weight is 468 g/mol. The zero-order valence-electron chi connectivity index (χ0n) is 17.2. The molecule has 30 heavy (non-hydrogen) atoms. The van der Waals surface area contributed by atoms with Crippen molar-refractivity contribution in [3.63, 3.8) is 0 Å². The zero-order valence-corrected chi connectivity index (χ0v) is 18.8. The van der Waals surface area contributed by atoms with Gasteiger partial charge in [-0.25, -0.2) is 0 Å². The molecule has 0 aliphatic rings. The van der Waals surface area contributed by atoms with Crippen LogP contribution in [0.4, 0.5) is 5.69 Å². The Labute approximate surface area is 186 Å². The summed E-state index contributed by atoms with van der Waals surface area (Å²) in [4.78, 5) is 12.6. The van der Waals surface area contributed by atoms with E-state index < -0.39 is 0 Å². The molecule has 0 saturated carbocycles. The number of nitrogens with one attached hydrogen (secondary N) is 1. The first-order chi connectivity index (χ1) is 14.5. The number of benzene rings is 3. The Kier molecular flexibility index (Phi) is 7.91. The molecule has 156 valence electrons. The lowest BCUT2D eigenvalue weighted by Crippen LogP contribution is -2.12. The highest BCUT2D eigenvalue weighted by molar-refractivity contribution is 9.10. The smallest absolute Gasteiger partial charge is 0.255 e. The van der Waals surface area contributed by atoms with Crippen molar-refractivity contribution in [3.8, 4) is 11.5 Å². The molecular weight excluding hydrogens is 442 g/mol. The molecular formula is C25H26BrNO3. The van der Waals surface area contributed by atoms with E-state index in [1.54, 1.807) is 12.1 Å². The second kappa shape index (κ2) is 10.8. The number of halogens is 1. The summed E-state index contributed by atoms with van der Waals surface area (Å²) >= 11 is 3.50. The van der Waals surface area contributed by atoms with Crippen LogP contribution in [0, 0.1) is 0 Å². The van der Waals surface area contributed by atoms with Gasteiger partial charge in [0.2, 0.25) is 0 Å².